The van der Waals surface area contributed by atoms with E-state index in [-0.39, 0.29) is 18.1 Å². The van der Waals surface area contributed by atoms with E-state index in [2.05, 4.69) is 10.2 Å². The molecule has 0 radical (unpaired) electrons. The van der Waals surface area contributed by atoms with Gasteiger partial charge in [0.2, 0.25) is 5.91 Å². The molecule has 0 bridgehead atoms. The number of piperidine rings is 1. The maximum atomic E-state index is 12.0. The molecule has 1 heterocycles. The van der Waals surface area contributed by atoms with Crippen LogP contribution in [-0.2, 0) is 4.79 Å². The Hall–Kier alpha value is -0.610. The molecule has 2 unspecified atom stereocenters. The van der Waals surface area contributed by atoms with Gasteiger partial charge in [-0.1, -0.05) is 19.3 Å². The molecule has 1 amide bonds. The van der Waals surface area contributed by atoms with Crippen molar-refractivity contribution < 1.29 is 9.90 Å². The Morgan fingerprint density at radius 1 is 1.28 bits per heavy atom. The third-order valence-electron chi connectivity index (χ3n) is 4.29. The summed E-state index contributed by atoms with van der Waals surface area (Å²) in [5.41, 5.74) is 0. The summed E-state index contributed by atoms with van der Waals surface area (Å²) in [5, 5.41) is 12.9. The van der Waals surface area contributed by atoms with Gasteiger partial charge in [-0.25, -0.2) is 0 Å². The van der Waals surface area contributed by atoms with Crippen molar-refractivity contribution in [2.75, 3.05) is 13.1 Å². The van der Waals surface area contributed by atoms with Gasteiger partial charge in [-0.2, -0.15) is 0 Å². The average molecular weight is 254 g/mol. The normalized spacial score (nSPS) is 28.2. The summed E-state index contributed by atoms with van der Waals surface area (Å²) in [4.78, 5) is 14.2. The van der Waals surface area contributed by atoms with E-state index in [1.165, 1.54) is 12.8 Å². The maximum Gasteiger partial charge on any atom is 0.234 e. The molecule has 0 aromatic heterocycles. The first-order chi connectivity index (χ1) is 8.66. The predicted octanol–water partition coefficient (Wildman–Crippen LogP) is 1.28. The Morgan fingerprint density at radius 3 is 2.61 bits per heavy atom. The first-order valence-electron chi connectivity index (χ1n) is 7.38. The number of likely N-dealkylation sites (tertiary alicyclic amines) is 1. The molecule has 2 fully saturated rings. The van der Waals surface area contributed by atoms with Crippen LogP contribution in [0.5, 0.6) is 0 Å². The van der Waals surface area contributed by atoms with Crippen molar-refractivity contribution in [1.82, 2.24) is 10.2 Å². The van der Waals surface area contributed by atoms with Crippen LogP contribution in [-0.4, -0.2) is 47.2 Å². The Balaban J connectivity index is 1.80. The van der Waals surface area contributed by atoms with Crippen LogP contribution in [0.1, 0.15) is 51.9 Å². The van der Waals surface area contributed by atoms with Gasteiger partial charge < -0.3 is 10.4 Å². The molecule has 1 saturated heterocycles. The minimum atomic E-state index is -0.343. The molecular formula is C14H26N2O2. The van der Waals surface area contributed by atoms with E-state index in [0.717, 1.165) is 38.6 Å². The lowest BCUT2D eigenvalue weighted by Gasteiger charge is -2.37. The Bertz CT molecular complexity index is 275. The van der Waals surface area contributed by atoms with Gasteiger partial charge in [-0.05, 0) is 39.2 Å². The largest absolute Gasteiger partial charge is 0.392 e. The fraction of sp³-hybridized carbons (Fsp3) is 0.929. The van der Waals surface area contributed by atoms with Gasteiger partial charge in [0.1, 0.15) is 0 Å². The number of carbonyl (C=O) groups excluding carboxylic acids is 1. The molecule has 1 aliphatic heterocycles. The molecule has 1 aliphatic carbocycles. The van der Waals surface area contributed by atoms with Crippen LogP contribution in [0.15, 0.2) is 0 Å². The fourth-order valence-electron chi connectivity index (χ4n) is 3.29. The second-order valence-electron chi connectivity index (χ2n) is 5.82. The minimum Gasteiger partial charge on any atom is -0.392 e. The highest BCUT2D eigenvalue weighted by molar-refractivity contribution is 5.78. The van der Waals surface area contributed by atoms with Gasteiger partial charge in [0.15, 0.2) is 0 Å². The quantitative estimate of drug-likeness (QED) is 0.794. The third-order valence-corrected chi connectivity index (χ3v) is 4.29. The van der Waals surface area contributed by atoms with Crippen LogP contribution >= 0.6 is 0 Å². The molecule has 2 atom stereocenters. The Labute approximate surface area is 110 Å². The number of nitrogens with zero attached hydrogens (tertiary/aromatic N) is 1. The van der Waals surface area contributed by atoms with Crippen molar-refractivity contribution in [3.05, 3.63) is 0 Å². The van der Waals surface area contributed by atoms with Gasteiger partial charge in [-0.3, -0.25) is 9.69 Å². The summed E-state index contributed by atoms with van der Waals surface area (Å²) in [6.45, 7) is 3.22. The molecule has 0 spiro atoms. The number of amides is 1. The number of hydrogen-bond acceptors (Lipinski definition) is 3. The molecule has 18 heavy (non-hydrogen) atoms. The fourth-order valence-corrected chi connectivity index (χ4v) is 3.29. The second kappa shape index (κ2) is 6.53. The lowest BCUT2D eigenvalue weighted by molar-refractivity contribution is -0.124. The summed E-state index contributed by atoms with van der Waals surface area (Å²) in [6, 6.07) is 0.556. The first kappa shape index (κ1) is 13.8. The zero-order valence-electron chi connectivity index (χ0n) is 11.4. The van der Waals surface area contributed by atoms with E-state index in [0.29, 0.717) is 12.6 Å². The van der Waals surface area contributed by atoms with E-state index >= 15 is 0 Å². The highest BCUT2D eigenvalue weighted by Gasteiger charge is 2.28. The standard InChI is InChI=1S/C14H26N2O2/c1-11(17)13-8-4-5-9-16(13)10-14(18)15-12-6-2-3-7-12/h11-13,17H,2-10H2,1H3,(H,15,18). The van der Waals surface area contributed by atoms with Gasteiger partial charge >= 0.3 is 0 Å². The van der Waals surface area contributed by atoms with E-state index in [4.69, 9.17) is 0 Å². The molecule has 2 aliphatic rings. The molecule has 1 saturated carbocycles. The highest BCUT2D eigenvalue weighted by atomic mass is 16.3. The number of rotatable bonds is 4. The van der Waals surface area contributed by atoms with E-state index < -0.39 is 0 Å². The van der Waals surface area contributed by atoms with Crippen molar-refractivity contribution in [2.24, 2.45) is 0 Å². The summed E-state index contributed by atoms with van der Waals surface area (Å²) in [6.07, 6.45) is 7.71. The van der Waals surface area contributed by atoms with Gasteiger partial charge in [-0.15, -0.1) is 0 Å². The van der Waals surface area contributed by atoms with Gasteiger partial charge in [0, 0.05) is 12.1 Å². The van der Waals surface area contributed by atoms with Crippen molar-refractivity contribution in [3.8, 4) is 0 Å². The third kappa shape index (κ3) is 3.69. The lowest BCUT2D eigenvalue weighted by Crippen LogP contribution is -2.50. The monoisotopic (exact) mass is 254 g/mol. The summed E-state index contributed by atoms with van der Waals surface area (Å²) < 4.78 is 0. The molecule has 2 N–H and O–H groups in total. The molecule has 4 nitrogen and oxygen atoms in total. The van der Waals surface area contributed by atoms with Crippen LogP contribution in [0, 0.1) is 0 Å². The lowest BCUT2D eigenvalue weighted by atomic mass is 9.98. The SMILES string of the molecule is CC(O)C1CCCCN1CC(=O)NC1CCCC1. The van der Waals surface area contributed by atoms with Crippen molar-refractivity contribution in [1.29, 1.82) is 0 Å². The van der Waals surface area contributed by atoms with Crippen LogP contribution < -0.4 is 5.32 Å². The van der Waals surface area contributed by atoms with E-state index in [1.54, 1.807) is 0 Å². The molecule has 4 heteroatoms. The van der Waals surface area contributed by atoms with Crippen molar-refractivity contribution in [2.45, 2.75) is 70.1 Å². The average Bonchev–Trinajstić information content (AvgIpc) is 2.82. The molecule has 2 rings (SSSR count). The van der Waals surface area contributed by atoms with Crippen LogP contribution in [0.3, 0.4) is 0 Å². The number of hydrogen-bond donors (Lipinski definition) is 2. The number of nitrogens with one attached hydrogen (secondary N) is 1. The molecular weight excluding hydrogens is 228 g/mol. The van der Waals surface area contributed by atoms with Crippen molar-refractivity contribution >= 4 is 5.91 Å². The highest BCUT2D eigenvalue weighted by Crippen LogP contribution is 2.20. The van der Waals surface area contributed by atoms with Gasteiger partial charge in [0.25, 0.3) is 0 Å². The van der Waals surface area contributed by atoms with Crippen LogP contribution in [0.4, 0.5) is 0 Å². The van der Waals surface area contributed by atoms with Crippen LogP contribution in [0.25, 0.3) is 0 Å². The first-order valence-corrected chi connectivity index (χ1v) is 7.38. The molecule has 0 aromatic rings. The topological polar surface area (TPSA) is 52.6 Å². The summed E-state index contributed by atoms with van der Waals surface area (Å²) in [7, 11) is 0. The van der Waals surface area contributed by atoms with Gasteiger partial charge in [0.05, 0.1) is 12.6 Å². The Morgan fingerprint density at radius 2 is 1.94 bits per heavy atom. The van der Waals surface area contributed by atoms with E-state index in [1.807, 2.05) is 6.92 Å². The second-order valence-corrected chi connectivity index (χ2v) is 5.82. The predicted molar refractivity (Wildman–Crippen MR) is 71.3 cm³/mol. The number of aliphatic hydroxyl groups is 1. The van der Waals surface area contributed by atoms with Crippen molar-refractivity contribution in [3.63, 3.8) is 0 Å². The molecule has 0 aromatic carbocycles. The zero-order valence-corrected chi connectivity index (χ0v) is 11.4. The summed E-state index contributed by atoms with van der Waals surface area (Å²) >= 11 is 0. The van der Waals surface area contributed by atoms with Crippen LogP contribution in [0.2, 0.25) is 0 Å². The maximum absolute atomic E-state index is 12.0. The zero-order chi connectivity index (χ0) is 13.0. The Kier molecular flexibility index (Phi) is 5.01. The smallest absolute Gasteiger partial charge is 0.234 e. The number of carbonyl (C=O) groups is 1. The number of aliphatic hydroxyl groups excluding tert-OH is 1. The summed E-state index contributed by atoms with van der Waals surface area (Å²) in [5.74, 6) is 0.134. The minimum absolute atomic E-state index is 0.134. The van der Waals surface area contributed by atoms with E-state index in [9.17, 15) is 9.90 Å². The molecule has 104 valence electrons.